The lowest BCUT2D eigenvalue weighted by molar-refractivity contribution is 0.0697. The van der Waals surface area contributed by atoms with Gasteiger partial charge in [0, 0.05) is 4.47 Å². The third kappa shape index (κ3) is 1.89. The van der Waals surface area contributed by atoms with Gasteiger partial charge in [0.2, 0.25) is 0 Å². The van der Waals surface area contributed by atoms with Crippen molar-refractivity contribution >= 4 is 21.9 Å². The predicted molar refractivity (Wildman–Crippen MR) is 56.0 cm³/mol. The number of aromatic nitrogens is 3. The molecule has 0 saturated carbocycles. The average molecular weight is 268 g/mol. The number of carbonyl (C=O) groups is 1. The first kappa shape index (κ1) is 9.85. The van der Waals surface area contributed by atoms with Crippen LogP contribution in [0.4, 0.5) is 0 Å². The highest BCUT2D eigenvalue weighted by atomic mass is 79.9. The van der Waals surface area contributed by atoms with Crippen molar-refractivity contribution < 1.29 is 9.90 Å². The smallest absolute Gasteiger partial charge is 0.335 e. The average Bonchev–Trinajstić information content (AvgIpc) is 2.71. The number of benzene rings is 1. The van der Waals surface area contributed by atoms with Gasteiger partial charge in [-0.25, -0.2) is 9.48 Å². The summed E-state index contributed by atoms with van der Waals surface area (Å²) in [6.45, 7) is 0. The Kier molecular flexibility index (Phi) is 2.51. The molecule has 1 heterocycles. The zero-order valence-electron chi connectivity index (χ0n) is 7.46. The Morgan fingerprint density at radius 2 is 2.27 bits per heavy atom. The van der Waals surface area contributed by atoms with Crippen LogP contribution in [0, 0.1) is 0 Å². The van der Waals surface area contributed by atoms with E-state index >= 15 is 0 Å². The molecule has 76 valence electrons. The van der Waals surface area contributed by atoms with Crippen LogP contribution in [0.5, 0.6) is 0 Å². The number of aromatic carboxylic acids is 1. The Bertz CT molecular complexity index is 496. The monoisotopic (exact) mass is 267 g/mol. The van der Waals surface area contributed by atoms with Crippen LogP contribution in [-0.4, -0.2) is 26.1 Å². The maximum absolute atomic E-state index is 10.8. The molecule has 5 nitrogen and oxygen atoms in total. The Morgan fingerprint density at radius 1 is 1.47 bits per heavy atom. The number of hydrogen-bond acceptors (Lipinski definition) is 3. The highest BCUT2D eigenvalue weighted by Crippen LogP contribution is 2.21. The Hall–Kier alpha value is -1.69. The molecule has 15 heavy (non-hydrogen) atoms. The molecule has 0 aliphatic carbocycles. The molecule has 0 fully saturated rings. The van der Waals surface area contributed by atoms with E-state index in [0.717, 1.165) is 4.47 Å². The van der Waals surface area contributed by atoms with Crippen LogP contribution >= 0.6 is 15.9 Å². The first-order valence-corrected chi connectivity index (χ1v) is 4.87. The molecule has 0 atom stereocenters. The van der Waals surface area contributed by atoms with Crippen LogP contribution in [0.2, 0.25) is 0 Å². The van der Waals surface area contributed by atoms with Gasteiger partial charge in [-0.05, 0) is 34.1 Å². The molecule has 0 aliphatic heterocycles. The highest BCUT2D eigenvalue weighted by molar-refractivity contribution is 9.10. The fourth-order valence-corrected chi connectivity index (χ4v) is 1.59. The summed E-state index contributed by atoms with van der Waals surface area (Å²) in [6.07, 6.45) is 3.17. The molecule has 1 N–H and O–H groups in total. The van der Waals surface area contributed by atoms with Gasteiger partial charge in [-0.3, -0.25) is 0 Å². The molecule has 2 aromatic rings. The van der Waals surface area contributed by atoms with Crippen molar-refractivity contribution in [3.05, 3.63) is 40.6 Å². The third-order valence-electron chi connectivity index (χ3n) is 1.86. The molecule has 6 heteroatoms. The summed E-state index contributed by atoms with van der Waals surface area (Å²) in [7, 11) is 0. The molecular formula is C9H6BrN3O2. The molecule has 0 spiro atoms. The molecule has 0 unspecified atom stereocenters. The van der Waals surface area contributed by atoms with E-state index in [-0.39, 0.29) is 5.56 Å². The highest BCUT2D eigenvalue weighted by Gasteiger charge is 2.08. The van der Waals surface area contributed by atoms with Crippen LogP contribution in [0.1, 0.15) is 10.4 Å². The van der Waals surface area contributed by atoms with Crippen LogP contribution in [0.3, 0.4) is 0 Å². The number of rotatable bonds is 2. The van der Waals surface area contributed by atoms with Gasteiger partial charge >= 0.3 is 5.97 Å². The maximum atomic E-state index is 10.8. The molecule has 0 radical (unpaired) electrons. The molecule has 0 amide bonds. The van der Waals surface area contributed by atoms with E-state index in [2.05, 4.69) is 26.2 Å². The van der Waals surface area contributed by atoms with Gasteiger partial charge in [0.1, 0.15) is 0 Å². The van der Waals surface area contributed by atoms with Crippen molar-refractivity contribution in [2.75, 3.05) is 0 Å². The van der Waals surface area contributed by atoms with E-state index in [1.807, 2.05) is 0 Å². The zero-order chi connectivity index (χ0) is 10.8. The minimum Gasteiger partial charge on any atom is -0.478 e. The first-order chi connectivity index (χ1) is 7.18. The summed E-state index contributed by atoms with van der Waals surface area (Å²) in [5, 5.41) is 16.3. The third-order valence-corrected chi connectivity index (χ3v) is 2.53. The molecule has 2 rings (SSSR count). The molecular weight excluding hydrogens is 262 g/mol. The van der Waals surface area contributed by atoms with Crippen molar-refractivity contribution in [2.24, 2.45) is 0 Å². The van der Waals surface area contributed by atoms with Gasteiger partial charge in [-0.2, -0.15) is 0 Å². The van der Waals surface area contributed by atoms with E-state index in [0.29, 0.717) is 5.69 Å². The lowest BCUT2D eigenvalue weighted by Gasteiger charge is -2.04. The predicted octanol–water partition coefficient (Wildman–Crippen LogP) is 1.73. The first-order valence-electron chi connectivity index (χ1n) is 4.08. The summed E-state index contributed by atoms with van der Waals surface area (Å²) in [5.74, 6) is -0.969. The van der Waals surface area contributed by atoms with Gasteiger partial charge in [0.15, 0.2) is 0 Å². The number of hydrogen-bond donors (Lipinski definition) is 1. The molecule has 1 aromatic carbocycles. The van der Waals surface area contributed by atoms with Crippen molar-refractivity contribution in [1.29, 1.82) is 0 Å². The van der Waals surface area contributed by atoms with Crippen molar-refractivity contribution in [1.82, 2.24) is 15.0 Å². The Balaban J connectivity index is 2.55. The normalized spacial score (nSPS) is 10.2. The zero-order valence-corrected chi connectivity index (χ0v) is 9.05. The lowest BCUT2D eigenvalue weighted by atomic mass is 10.2. The SMILES string of the molecule is O=C(O)c1ccc(Br)c(-n2ccnn2)c1. The van der Waals surface area contributed by atoms with E-state index in [9.17, 15) is 4.79 Å². The largest absolute Gasteiger partial charge is 0.478 e. The molecule has 0 saturated heterocycles. The fraction of sp³-hybridized carbons (Fsp3) is 0. The van der Waals surface area contributed by atoms with E-state index < -0.39 is 5.97 Å². The number of halogens is 1. The Morgan fingerprint density at radius 3 is 2.87 bits per heavy atom. The topological polar surface area (TPSA) is 68.0 Å². The number of carboxylic acids is 1. The number of carboxylic acid groups (broad SMARTS) is 1. The minimum absolute atomic E-state index is 0.212. The summed E-state index contributed by atoms with van der Waals surface area (Å²) in [4.78, 5) is 10.8. The van der Waals surface area contributed by atoms with E-state index in [1.54, 1.807) is 12.3 Å². The summed E-state index contributed by atoms with van der Waals surface area (Å²) >= 11 is 3.32. The summed E-state index contributed by atoms with van der Waals surface area (Å²) in [6, 6.07) is 4.72. The minimum atomic E-state index is -0.969. The van der Waals surface area contributed by atoms with Gasteiger partial charge in [-0.1, -0.05) is 5.21 Å². The second-order valence-corrected chi connectivity index (χ2v) is 3.67. The van der Waals surface area contributed by atoms with Crippen LogP contribution < -0.4 is 0 Å². The maximum Gasteiger partial charge on any atom is 0.335 e. The van der Waals surface area contributed by atoms with Gasteiger partial charge < -0.3 is 5.11 Å². The van der Waals surface area contributed by atoms with Crippen molar-refractivity contribution in [3.63, 3.8) is 0 Å². The van der Waals surface area contributed by atoms with Gasteiger partial charge in [-0.15, -0.1) is 5.10 Å². The summed E-state index contributed by atoms with van der Waals surface area (Å²) < 4.78 is 2.26. The van der Waals surface area contributed by atoms with Crippen LogP contribution in [0.15, 0.2) is 35.1 Å². The molecule has 0 aliphatic rings. The number of nitrogens with zero attached hydrogens (tertiary/aromatic N) is 3. The fourth-order valence-electron chi connectivity index (χ4n) is 1.16. The standard InChI is InChI=1S/C9H6BrN3O2/c10-7-2-1-6(9(14)15)5-8(7)13-4-3-11-12-13/h1-5H,(H,14,15). The Labute approximate surface area is 93.5 Å². The van der Waals surface area contributed by atoms with Crippen molar-refractivity contribution in [2.45, 2.75) is 0 Å². The molecule has 0 bridgehead atoms. The molecule has 1 aromatic heterocycles. The second kappa shape index (κ2) is 3.82. The summed E-state index contributed by atoms with van der Waals surface area (Å²) in [5.41, 5.74) is 0.858. The van der Waals surface area contributed by atoms with Crippen LogP contribution in [0.25, 0.3) is 5.69 Å². The van der Waals surface area contributed by atoms with Crippen LogP contribution in [-0.2, 0) is 0 Å². The van der Waals surface area contributed by atoms with Crippen molar-refractivity contribution in [3.8, 4) is 5.69 Å². The lowest BCUT2D eigenvalue weighted by Crippen LogP contribution is -2.01. The second-order valence-electron chi connectivity index (χ2n) is 2.82. The van der Waals surface area contributed by atoms with Gasteiger partial charge in [0.05, 0.1) is 23.6 Å². The quantitative estimate of drug-likeness (QED) is 0.900. The van der Waals surface area contributed by atoms with Gasteiger partial charge in [0.25, 0.3) is 0 Å². The van der Waals surface area contributed by atoms with E-state index in [4.69, 9.17) is 5.11 Å². The van der Waals surface area contributed by atoms with E-state index in [1.165, 1.54) is 23.0 Å².